The van der Waals surface area contributed by atoms with E-state index in [1.807, 2.05) is 0 Å². The quantitative estimate of drug-likeness (QED) is 0.0261. The van der Waals surface area contributed by atoms with E-state index in [4.69, 9.17) is 14.2 Å². The first-order valence-corrected chi connectivity index (χ1v) is 29.7. The highest BCUT2D eigenvalue weighted by Gasteiger charge is 2.19. The van der Waals surface area contributed by atoms with Crippen molar-refractivity contribution < 1.29 is 28.6 Å². The second kappa shape index (κ2) is 58.9. The number of hydrogen-bond donors (Lipinski definition) is 0. The summed E-state index contributed by atoms with van der Waals surface area (Å²) in [4.78, 5) is 38.0. The molecule has 0 aliphatic carbocycles. The fraction of sp³-hybridized carbons (Fsp3) is 0.708. The van der Waals surface area contributed by atoms with Crippen molar-refractivity contribution in [2.45, 2.75) is 284 Å². The van der Waals surface area contributed by atoms with E-state index in [-0.39, 0.29) is 31.1 Å². The molecular weight excluding hydrogens is 877 g/mol. The first-order valence-electron chi connectivity index (χ1n) is 29.7. The van der Waals surface area contributed by atoms with E-state index in [9.17, 15) is 14.4 Å². The normalized spacial score (nSPS) is 12.8. The summed E-state index contributed by atoms with van der Waals surface area (Å²) >= 11 is 0. The Morgan fingerprint density at radius 3 is 0.859 bits per heavy atom. The van der Waals surface area contributed by atoms with E-state index in [1.165, 1.54) is 116 Å². The summed E-state index contributed by atoms with van der Waals surface area (Å²) in [6.45, 7) is 6.51. The van der Waals surface area contributed by atoms with Gasteiger partial charge in [-0.05, 0) is 83.5 Å². The van der Waals surface area contributed by atoms with Gasteiger partial charge in [-0.1, -0.05) is 272 Å². The van der Waals surface area contributed by atoms with Crippen LogP contribution in [-0.4, -0.2) is 37.2 Å². The molecule has 0 heterocycles. The summed E-state index contributed by atoms with van der Waals surface area (Å²) in [5.74, 6) is -0.890. The lowest BCUT2D eigenvalue weighted by atomic mass is 10.1. The van der Waals surface area contributed by atoms with Crippen LogP contribution in [0.15, 0.2) is 97.2 Å². The number of ether oxygens (including phenoxy) is 3. The van der Waals surface area contributed by atoms with Crippen molar-refractivity contribution in [2.75, 3.05) is 13.2 Å². The second-order valence-electron chi connectivity index (χ2n) is 19.5. The van der Waals surface area contributed by atoms with Crippen molar-refractivity contribution in [3.05, 3.63) is 97.2 Å². The topological polar surface area (TPSA) is 78.9 Å². The molecule has 6 nitrogen and oxygen atoms in total. The number of carbonyl (C=O) groups excluding carboxylic acids is 3. The van der Waals surface area contributed by atoms with Gasteiger partial charge in [-0.2, -0.15) is 0 Å². The smallest absolute Gasteiger partial charge is 0.306 e. The van der Waals surface area contributed by atoms with Crippen molar-refractivity contribution in [3.8, 4) is 0 Å². The molecule has 0 radical (unpaired) electrons. The van der Waals surface area contributed by atoms with Crippen LogP contribution < -0.4 is 0 Å². The predicted octanol–water partition coefficient (Wildman–Crippen LogP) is 20.1. The van der Waals surface area contributed by atoms with Gasteiger partial charge in [0.2, 0.25) is 0 Å². The van der Waals surface area contributed by atoms with Crippen molar-refractivity contribution in [2.24, 2.45) is 0 Å². The Morgan fingerprint density at radius 1 is 0.296 bits per heavy atom. The van der Waals surface area contributed by atoms with Crippen LogP contribution in [0.2, 0.25) is 0 Å². The van der Waals surface area contributed by atoms with Crippen LogP contribution in [0.4, 0.5) is 0 Å². The van der Waals surface area contributed by atoms with Crippen molar-refractivity contribution in [1.29, 1.82) is 0 Å². The lowest BCUT2D eigenvalue weighted by Gasteiger charge is -2.18. The van der Waals surface area contributed by atoms with Gasteiger partial charge >= 0.3 is 17.9 Å². The molecule has 0 N–H and O–H groups in total. The Kier molecular flexibility index (Phi) is 55.9. The summed E-state index contributed by atoms with van der Waals surface area (Å²) in [5, 5.41) is 0. The standard InChI is InChI=1S/C65H110O6/c1-4-7-10-13-16-19-22-23-24-25-26-27-28-29-30-31-32-33-34-35-36-37-38-39-40-41-44-46-49-52-55-58-64(67)70-61-62(71-65(68)59-56-53-50-47-43-21-18-15-12-9-6-3)60-69-63(66)57-54-51-48-45-42-20-17-14-11-8-5-2/h7,10,16,19,23-24,26-27,29-30,32-33,35-36,38-39,62H,4-6,8-9,11-15,17-18,20-22,25,28,31,34,37,40-61H2,1-3H3/b10-7-,19-16-,24-23-,27-26-,30-29-,33-32-,36-35-,39-38-. The maximum atomic E-state index is 12.8. The highest BCUT2D eigenvalue weighted by Crippen LogP contribution is 2.15. The van der Waals surface area contributed by atoms with Crippen LogP contribution in [0, 0.1) is 0 Å². The van der Waals surface area contributed by atoms with Gasteiger partial charge in [-0.15, -0.1) is 0 Å². The second-order valence-corrected chi connectivity index (χ2v) is 19.5. The lowest BCUT2D eigenvalue weighted by Crippen LogP contribution is -2.30. The van der Waals surface area contributed by atoms with Crippen LogP contribution in [-0.2, 0) is 28.6 Å². The summed E-state index contributed by atoms with van der Waals surface area (Å²) < 4.78 is 16.8. The summed E-state index contributed by atoms with van der Waals surface area (Å²) in [6, 6.07) is 0. The van der Waals surface area contributed by atoms with E-state index >= 15 is 0 Å². The first kappa shape index (κ1) is 67.3. The minimum absolute atomic E-state index is 0.0783. The van der Waals surface area contributed by atoms with Crippen LogP contribution in [0.3, 0.4) is 0 Å². The Morgan fingerprint density at radius 2 is 0.549 bits per heavy atom. The number of unbranched alkanes of at least 4 members (excludes halogenated alkanes) is 26. The number of esters is 3. The molecule has 0 bridgehead atoms. The van der Waals surface area contributed by atoms with Gasteiger partial charge in [0.1, 0.15) is 13.2 Å². The van der Waals surface area contributed by atoms with Crippen LogP contribution >= 0.6 is 0 Å². The van der Waals surface area contributed by atoms with Gasteiger partial charge in [0.05, 0.1) is 0 Å². The number of hydrogen-bond acceptors (Lipinski definition) is 6. The summed E-state index contributed by atoms with van der Waals surface area (Å²) in [7, 11) is 0. The molecule has 0 saturated heterocycles. The molecule has 0 aliphatic rings. The van der Waals surface area contributed by atoms with E-state index in [1.54, 1.807) is 0 Å². The summed E-state index contributed by atoms with van der Waals surface area (Å²) in [5.41, 5.74) is 0. The van der Waals surface area contributed by atoms with Gasteiger partial charge in [0.25, 0.3) is 0 Å². The fourth-order valence-corrected chi connectivity index (χ4v) is 8.16. The molecule has 6 heteroatoms. The summed E-state index contributed by atoms with van der Waals surface area (Å²) in [6.07, 6.45) is 78.4. The van der Waals surface area contributed by atoms with Crippen molar-refractivity contribution in [1.82, 2.24) is 0 Å². The zero-order valence-corrected chi connectivity index (χ0v) is 46.5. The Bertz CT molecular complexity index is 1410. The Labute approximate surface area is 438 Å². The molecular formula is C65H110O6. The SMILES string of the molecule is CC/C=C\C/C=C\C/C=C\C/C=C\C/C=C\C/C=C\C/C=C\C/C=C\CCCCCCCCC(=O)OCC(COC(=O)CCCCCCCCCCCCC)OC(=O)CCCCCCCCCCCCC. The van der Waals surface area contributed by atoms with Crippen LogP contribution in [0.1, 0.15) is 278 Å². The minimum Gasteiger partial charge on any atom is -0.462 e. The highest BCUT2D eigenvalue weighted by atomic mass is 16.6. The van der Waals surface area contributed by atoms with Gasteiger partial charge < -0.3 is 14.2 Å². The molecule has 406 valence electrons. The predicted molar refractivity (Wildman–Crippen MR) is 307 cm³/mol. The van der Waals surface area contributed by atoms with Gasteiger partial charge in [-0.25, -0.2) is 0 Å². The average Bonchev–Trinajstić information content (AvgIpc) is 3.37. The van der Waals surface area contributed by atoms with E-state index in [2.05, 4.69) is 118 Å². The molecule has 0 spiro atoms. The minimum atomic E-state index is -0.779. The molecule has 0 amide bonds. The van der Waals surface area contributed by atoms with Crippen LogP contribution in [0.25, 0.3) is 0 Å². The lowest BCUT2D eigenvalue weighted by molar-refractivity contribution is -0.167. The molecule has 0 rings (SSSR count). The van der Waals surface area contributed by atoms with E-state index in [0.717, 1.165) is 122 Å². The third kappa shape index (κ3) is 57.1. The van der Waals surface area contributed by atoms with Crippen molar-refractivity contribution in [3.63, 3.8) is 0 Å². The molecule has 0 aromatic heterocycles. The zero-order chi connectivity index (χ0) is 51.4. The first-order chi connectivity index (χ1) is 35.0. The van der Waals surface area contributed by atoms with Crippen LogP contribution in [0.5, 0.6) is 0 Å². The molecule has 71 heavy (non-hydrogen) atoms. The molecule has 0 aliphatic heterocycles. The van der Waals surface area contributed by atoms with Gasteiger partial charge in [-0.3, -0.25) is 14.4 Å². The van der Waals surface area contributed by atoms with Gasteiger partial charge in [0.15, 0.2) is 6.10 Å². The molecule has 1 unspecified atom stereocenters. The Hall–Kier alpha value is -3.67. The largest absolute Gasteiger partial charge is 0.462 e. The maximum absolute atomic E-state index is 12.8. The Balaban J connectivity index is 4.22. The maximum Gasteiger partial charge on any atom is 0.306 e. The molecule has 1 atom stereocenters. The van der Waals surface area contributed by atoms with E-state index in [0.29, 0.717) is 19.3 Å². The molecule has 0 fully saturated rings. The molecule has 0 saturated carbocycles. The number of carbonyl (C=O) groups is 3. The number of allylic oxidation sites excluding steroid dienone is 16. The molecule has 0 aromatic rings. The van der Waals surface area contributed by atoms with E-state index < -0.39 is 6.10 Å². The van der Waals surface area contributed by atoms with Crippen molar-refractivity contribution >= 4 is 17.9 Å². The zero-order valence-electron chi connectivity index (χ0n) is 46.5. The monoisotopic (exact) mass is 987 g/mol. The third-order valence-corrected chi connectivity index (χ3v) is 12.6. The fourth-order valence-electron chi connectivity index (χ4n) is 8.16. The highest BCUT2D eigenvalue weighted by molar-refractivity contribution is 5.71. The van der Waals surface area contributed by atoms with Gasteiger partial charge in [0, 0.05) is 19.3 Å². The number of rotatable bonds is 53. The third-order valence-electron chi connectivity index (χ3n) is 12.6. The molecule has 0 aromatic carbocycles. The average molecular weight is 988 g/mol.